The van der Waals surface area contributed by atoms with Crippen LogP contribution >= 0.6 is 0 Å². The molecule has 2 atom stereocenters. The van der Waals surface area contributed by atoms with Crippen LogP contribution in [-0.2, 0) is 9.53 Å². The molecule has 1 aromatic rings. The number of carbonyl (C=O) groups is 2. The van der Waals surface area contributed by atoms with E-state index >= 15 is 0 Å². The number of hydrogen-bond donors (Lipinski definition) is 2. The minimum Gasteiger partial charge on any atom is -0.378 e. The van der Waals surface area contributed by atoms with Crippen molar-refractivity contribution in [1.29, 1.82) is 0 Å². The Morgan fingerprint density at radius 1 is 1.36 bits per heavy atom. The molecule has 2 saturated heterocycles. The maximum absolute atomic E-state index is 12.7. The number of nitrogens with one attached hydrogen (secondary N) is 2. The van der Waals surface area contributed by atoms with Gasteiger partial charge in [-0.3, -0.25) is 9.89 Å². The van der Waals surface area contributed by atoms with E-state index in [4.69, 9.17) is 4.74 Å². The highest BCUT2D eigenvalue weighted by atomic mass is 16.5. The number of nitrogens with zero attached hydrogens (tertiary/aromatic N) is 3. The standard InChI is InChI=1S/C17H27N5O3/c1-2-14(16(23)21-8-10-25-11-9-21)19-17(24)22-7-3-4-13(12-22)15-5-6-18-20-15/h5-6,13-14H,2-4,7-12H2,1H3,(H,18,20)(H,19,24)/t13-,14-/m0/s1. The molecule has 0 bridgehead atoms. The van der Waals surface area contributed by atoms with Gasteiger partial charge >= 0.3 is 6.03 Å². The number of morpholine rings is 1. The highest BCUT2D eigenvalue weighted by Gasteiger charge is 2.30. The van der Waals surface area contributed by atoms with Crippen molar-refractivity contribution in [2.45, 2.75) is 38.1 Å². The number of ether oxygens (including phenoxy) is 1. The number of rotatable bonds is 4. The van der Waals surface area contributed by atoms with Gasteiger partial charge in [0.15, 0.2) is 0 Å². The van der Waals surface area contributed by atoms with Crippen molar-refractivity contribution in [2.75, 3.05) is 39.4 Å². The number of carbonyl (C=O) groups excluding carboxylic acids is 2. The summed E-state index contributed by atoms with van der Waals surface area (Å²) in [6, 6.07) is 1.33. The van der Waals surface area contributed by atoms with Gasteiger partial charge in [0.05, 0.1) is 13.2 Å². The molecule has 0 aliphatic carbocycles. The van der Waals surface area contributed by atoms with Gasteiger partial charge in [0.1, 0.15) is 6.04 Å². The fourth-order valence-corrected chi connectivity index (χ4v) is 3.49. The number of hydrogen-bond acceptors (Lipinski definition) is 4. The zero-order valence-corrected chi connectivity index (χ0v) is 14.7. The van der Waals surface area contributed by atoms with Gasteiger partial charge in [-0.05, 0) is 25.3 Å². The summed E-state index contributed by atoms with van der Waals surface area (Å²) in [4.78, 5) is 28.9. The van der Waals surface area contributed by atoms with Crippen LogP contribution < -0.4 is 5.32 Å². The van der Waals surface area contributed by atoms with Crippen LogP contribution in [0.2, 0.25) is 0 Å². The van der Waals surface area contributed by atoms with Gasteiger partial charge in [-0.15, -0.1) is 0 Å². The molecule has 3 amide bonds. The highest BCUT2D eigenvalue weighted by Crippen LogP contribution is 2.25. The maximum Gasteiger partial charge on any atom is 0.318 e. The predicted octanol–water partition coefficient (Wildman–Crippen LogP) is 0.936. The Balaban J connectivity index is 1.56. The molecular weight excluding hydrogens is 322 g/mol. The SMILES string of the molecule is CC[C@H](NC(=O)N1CCC[C@H](c2ccn[nH]2)C1)C(=O)N1CCOCC1. The van der Waals surface area contributed by atoms with Crippen LogP contribution in [-0.4, -0.2) is 77.4 Å². The molecule has 8 nitrogen and oxygen atoms in total. The molecule has 2 aliphatic rings. The van der Waals surface area contributed by atoms with Crippen LogP contribution in [0.1, 0.15) is 37.8 Å². The third-order valence-electron chi connectivity index (χ3n) is 5.00. The average Bonchev–Trinajstić information content (AvgIpc) is 3.21. The van der Waals surface area contributed by atoms with E-state index in [0.717, 1.165) is 25.1 Å². The Labute approximate surface area is 147 Å². The third-order valence-corrected chi connectivity index (χ3v) is 5.00. The molecule has 0 saturated carbocycles. The lowest BCUT2D eigenvalue weighted by atomic mass is 9.95. The second-order valence-electron chi connectivity index (χ2n) is 6.65. The molecule has 0 aromatic carbocycles. The Kier molecular flexibility index (Phi) is 5.91. The predicted molar refractivity (Wildman–Crippen MR) is 92.1 cm³/mol. The lowest BCUT2D eigenvalue weighted by Crippen LogP contribution is -2.55. The lowest BCUT2D eigenvalue weighted by molar-refractivity contribution is -0.137. The quantitative estimate of drug-likeness (QED) is 0.846. The first-order valence-corrected chi connectivity index (χ1v) is 9.10. The van der Waals surface area contributed by atoms with E-state index in [-0.39, 0.29) is 17.9 Å². The Hall–Kier alpha value is -2.09. The second-order valence-corrected chi connectivity index (χ2v) is 6.65. The molecule has 2 aliphatic heterocycles. The van der Waals surface area contributed by atoms with Gasteiger partial charge in [0, 0.05) is 44.0 Å². The first-order valence-electron chi connectivity index (χ1n) is 9.10. The number of piperidine rings is 1. The summed E-state index contributed by atoms with van der Waals surface area (Å²) in [6.45, 7) is 5.61. The second kappa shape index (κ2) is 8.33. The summed E-state index contributed by atoms with van der Waals surface area (Å²) < 4.78 is 5.29. The summed E-state index contributed by atoms with van der Waals surface area (Å²) in [5.41, 5.74) is 1.06. The number of urea groups is 1. The lowest BCUT2D eigenvalue weighted by Gasteiger charge is -2.34. The molecule has 3 rings (SSSR count). The fourth-order valence-electron chi connectivity index (χ4n) is 3.49. The van der Waals surface area contributed by atoms with Crippen LogP contribution in [0.15, 0.2) is 12.3 Å². The summed E-state index contributed by atoms with van der Waals surface area (Å²) in [5.74, 6) is 0.262. The first kappa shape index (κ1) is 17.7. The van der Waals surface area contributed by atoms with Gasteiger partial charge in [-0.1, -0.05) is 6.92 Å². The van der Waals surface area contributed by atoms with Crippen molar-refractivity contribution in [3.8, 4) is 0 Å². The molecule has 1 aromatic heterocycles. The van der Waals surface area contributed by atoms with Crippen molar-refractivity contribution in [2.24, 2.45) is 0 Å². The number of likely N-dealkylation sites (tertiary alicyclic amines) is 1. The minimum atomic E-state index is -0.474. The van der Waals surface area contributed by atoms with Crippen LogP contribution in [0.5, 0.6) is 0 Å². The maximum atomic E-state index is 12.7. The Morgan fingerprint density at radius 3 is 2.84 bits per heavy atom. The molecule has 2 fully saturated rings. The first-order chi connectivity index (χ1) is 12.2. The number of H-pyrrole nitrogens is 1. The summed E-state index contributed by atoms with van der Waals surface area (Å²) in [6.07, 6.45) is 4.31. The van der Waals surface area contributed by atoms with Gasteiger partial charge in [-0.25, -0.2) is 4.79 Å². The number of aromatic amines is 1. The third kappa shape index (κ3) is 4.31. The van der Waals surface area contributed by atoms with E-state index in [1.807, 2.05) is 17.9 Å². The largest absolute Gasteiger partial charge is 0.378 e. The zero-order valence-electron chi connectivity index (χ0n) is 14.7. The van der Waals surface area contributed by atoms with Crippen LogP contribution in [0, 0.1) is 0 Å². The average molecular weight is 349 g/mol. The number of aromatic nitrogens is 2. The van der Waals surface area contributed by atoms with E-state index in [9.17, 15) is 9.59 Å². The van der Waals surface area contributed by atoms with E-state index in [0.29, 0.717) is 39.3 Å². The van der Waals surface area contributed by atoms with Crippen molar-refractivity contribution in [1.82, 2.24) is 25.3 Å². The highest BCUT2D eigenvalue weighted by molar-refractivity contribution is 5.87. The summed E-state index contributed by atoms with van der Waals surface area (Å²) >= 11 is 0. The van der Waals surface area contributed by atoms with Gasteiger partial charge in [0.25, 0.3) is 0 Å². The molecule has 8 heteroatoms. The Morgan fingerprint density at radius 2 is 2.16 bits per heavy atom. The summed E-state index contributed by atoms with van der Waals surface area (Å²) in [7, 11) is 0. The van der Waals surface area contributed by atoms with Crippen LogP contribution in [0.4, 0.5) is 4.79 Å². The molecular formula is C17H27N5O3. The van der Waals surface area contributed by atoms with Crippen molar-refractivity contribution in [3.63, 3.8) is 0 Å². The topological polar surface area (TPSA) is 90.6 Å². The van der Waals surface area contributed by atoms with Gasteiger partial charge in [-0.2, -0.15) is 5.10 Å². The molecule has 3 heterocycles. The molecule has 0 radical (unpaired) electrons. The molecule has 2 N–H and O–H groups in total. The van der Waals surface area contributed by atoms with Gasteiger partial charge in [0.2, 0.25) is 5.91 Å². The normalized spacial score (nSPS) is 22.5. The molecule has 0 spiro atoms. The van der Waals surface area contributed by atoms with Crippen molar-refractivity contribution >= 4 is 11.9 Å². The van der Waals surface area contributed by atoms with Crippen molar-refractivity contribution in [3.05, 3.63) is 18.0 Å². The molecule has 138 valence electrons. The van der Waals surface area contributed by atoms with E-state index < -0.39 is 6.04 Å². The van der Waals surface area contributed by atoms with E-state index in [2.05, 4.69) is 15.5 Å². The zero-order chi connectivity index (χ0) is 17.6. The smallest absolute Gasteiger partial charge is 0.318 e. The van der Waals surface area contributed by atoms with Crippen LogP contribution in [0.3, 0.4) is 0 Å². The van der Waals surface area contributed by atoms with E-state index in [1.54, 1.807) is 11.1 Å². The van der Waals surface area contributed by atoms with Crippen molar-refractivity contribution < 1.29 is 14.3 Å². The molecule has 0 unspecified atom stereocenters. The van der Waals surface area contributed by atoms with Crippen LogP contribution in [0.25, 0.3) is 0 Å². The van der Waals surface area contributed by atoms with Gasteiger partial charge < -0.3 is 19.9 Å². The minimum absolute atomic E-state index is 0.0127. The summed E-state index contributed by atoms with van der Waals surface area (Å²) in [5, 5.41) is 9.93. The number of amides is 3. The monoisotopic (exact) mass is 349 g/mol. The molecule has 25 heavy (non-hydrogen) atoms. The fraction of sp³-hybridized carbons (Fsp3) is 0.706. The Bertz CT molecular complexity index is 571. The van der Waals surface area contributed by atoms with E-state index in [1.165, 1.54) is 0 Å².